The molecule has 3 heterocycles. The zero-order chi connectivity index (χ0) is 19.5. The summed E-state index contributed by atoms with van der Waals surface area (Å²) in [5.74, 6) is 0.0144. The number of fused-ring (bicyclic) bond motifs is 1. The van der Waals surface area contributed by atoms with Gasteiger partial charge in [0.05, 0.1) is 6.04 Å². The molecule has 1 aliphatic heterocycles. The Balaban J connectivity index is 1.78. The van der Waals surface area contributed by atoms with Gasteiger partial charge in [-0.3, -0.25) is 14.7 Å². The topological polar surface area (TPSA) is 48.5 Å². The van der Waals surface area contributed by atoms with E-state index in [1.54, 1.807) is 18.3 Å². The van der Waals surface area contributed by atoms with E-state index in [0.29, 0.717) is 0 Å². The molecule has 1 N–H and O–H groups in total. The predicted molar refractivity (Wildman–Crippen MR) is 115 cm³/mol. The van der Waals surface area contributed by atoms with Crippen LogP contribution >= 0.6 is 11.3 Å². The number of carbonyl (C=O) groups is 1. The molecule has 2 aliphatic rings. The molecular formula is C22H30N4OS. The van der Waals surface area contributed by atoms with E-state index in [-0.39, 0.29) is 11.9 Å². The highest BCUT2D eigenvalue weighted by molar-refractivity contribution is 7.16. The number of thiophene rings is 1. The highest BCUT2D eigenvalue weighted by Crippen LogP contribution is 2.45. The van der Waals surface area contributed by atoms with Crippen molar-refractivity contribution in [3.8, 4) is 0 Å². The third kappa shape index (κ3) is 4.00. The fourth-order valence-corrected chi connectivity index (χ4v) is 5.94. The number of nitrogens with zero attached hydrogens (tertiary/aromatic N) is 3. The van der Waals surface area contributed by atoms with Crippen LogP contribution < -0.4 is 5.32 Å². The maximum Gasteiger partial charge on any atom is 0.221 e. The first-order chi connectivity index (χ1) is 13.7. The second-order valence-electron chi connectivity index (χ2n) is 7.79. The SMILES string of the molecule is CCN1CCN([C@H](c2cccnc2)c2c(NC(C)=O)sc3c2CCCC3)CC1. The summed E-state index contributed by atoms with van der Waals surface area (Å²) in [6.45, 7) is 9.22. The smallest absolute Gasteiger partial charge is 0.221 e. The van der Waals surface area contributed by atoms with Gasteiger partial charge in [0.1, 0.15) is 5.00 Å². The number of rotatable bonds is 5. The normalized spacial score (nSPS) is 19.2. The summed E-state index contributed by atoms with van der Waals surface area (Å²) < 4.78 is 0. The first-order valence-corrected chi connectivity index (χ1v) is 11.3. The van der Waals surface area contributed by atoms with E-state index in [4.69, 9.17) is 0 Å². The van der Waals surface area contributed by atoms with Gasteiger partial charge >= 0.3 is 0 Å². The summed E-state index contributed by atoms with van der Waals surface area (Å²) in [6, 6.07) is 4.38. The standard InChI is InChI=1S/C22H30N4OS/c1-3-25-11-13-26(14-12-25)21(17-7-6-10-23-15-17)20-18-8-4-5-9-19(18)28-22(20)24-16(2)27/h6-7,10,15,21H,3-5,8-9,11-14H2,1-2H3,(H,24,27)/t21-/m1/s1. The van der Waals surface area contributed by atoms with Crippen molar-refractivity contribution in [3.05, 3.63) is 46.1 Å². The van der Waals surface area contributed by atoms with Crippen molar-refractivity contribution in [2.24, 2.45) is 0 Å². The lowest BCUT2D eigenvalue weighted by atomic mass is 9.89. The van der Waals surface area contributed by atoms with Crippen LogP contribution in [0.15, 0.2) is 24.5 Å². The van der Waals surface area contributed by atoms with Crippen LogP contribution in [0.2, 0.25) is 0 Å². The van der Waals surface area contributed by atoms with E-state index >= 15 is 0 Å². The summed E-state index contributed by atoms with van der Waals surface area (Å²) in [4.78, 5) is 22.9. The van der Waals surface area contributed by atoms with Crippen molar-refractivity contribution < 1.29 is 4.79 Å². The molecule has 0 radical (unpaired) electrons. The number of nitrogens with one attached hydrogen (secondary N) is 1. The van der Waals surface area contributed by atoms with Crippen LogP contribution in [0.3, 0.4) is 0 Å². The molecule has 2 aromatic heterocycles. The number of amides is 1. The Kier molecular flexibility index (Phi) is 6.09. The van der Waals surface area contributed by atoms with E-state index in [1.807, 2.05) is 18.5 Å². The number of pyridine rings is 1. The highest BCUT2D eigenvalue weighted by atomic mass is 32.1. The van der Waals surface area contributed by atoms with Crippen molar-refractivity contribution in [1.29, 1.82) is 0 Å². The van der Waals surface area contributed by atoms with Crippen LogP contribution in [0.25, 0.3) is 0 Å². The second-order valence-corrected chi connectivity index (χ2v) is 8.90. The Hall–Kier alpha value is -1.76. The number of carbonyl (C=O) groups excluding carboxylic acids is 1. The van der Waals surface area contributed by atoms with Crippen LogP contribution in [0.5, 0.6) is 0 Å². The second kappa shape index (κ2) is 8.72. The Morgan fingerprint density at radius 2 is 2.04 bits per heavy atom. The third-order valence-electron chi connectivity index (χ3n) is 5.99. The predicted octanol–water partition coefficient (Wildman–Crippen LogP) is 3.71. The van der Waals surface area contributed by atoms with Crippen LogP contribution in [0.1, 0.15) is 54.3 Å². The quantitative estimate of drug-likeness (QED) is 0.834. The minimum Gasteiger partial charge on any atom is -0.318 e. The van der Waals surface area contributed by atoms with E-state index in [2.05, 4.69) is 33.1 Å². The molecule has 0 unspecified atom stereocenters. The van der Waals surface area contributed by atoms with Gasteiger partial charge in [0.15, 0.2) is 0 Å². The molecule has 150 valence electrons. The number of piperazine rings is 1. The van der Waals surface area contributed by atoms with Gasteiger partial charge in [-0.1, -0.05) is 13.0 Å². The van der Waals surface area contributed by atoms with E-state index < -0.39 is 0 Å². The molecule has 1 saturated heterocycles. The van der Waals surface area contributed by atoms with E-state index in [0.717, 1.165) is 50.6 Å². The Labute approximate surface area is 171 Å². The third-order valence-corrected chi connectivity index (χ3v) is 7.22. The zero-order valence-electron chi connectivity index (χ0n) is 16.9. The molecule has 5 nitrogen and oxygen atoms in total. The van der Waals surface area contributed by atoms with Crippen molar-refractivity contribution in [2.45, 2.75) is 45.6 Å². The molecule has 1 aliphatic carbocycles. The number of aryl methyl sites for hydroxylation is 1. The Morgan fingerprint density at radius 1 is 1.25 bits per heavy atom. The Bertz CT molecular complexity index is 811. The van der Waals surface area contributed by atoms with Gasteiger partial charge in [-0.05, 0) is 49.4 Å². The number of hydrogen-bond acceptors (Lipinski definition) is 5. The number of hydrogen-bond donors (Lipinski definition) is 1. The highest BCUT2D eigenvalue weighted by Gasteiger charge is 2.33. The van der Waals surface area contributed by atoms with Gasteiger partial charge in [0, 0.05) is 55.9 Å². The summed E-state index contributed by atoms with van der Waals surface area (Å²) in [7, 11) is 0. The molecular weight excluding hydrogens is 368 g/mol. The first kappa shape index (κ1) is 19.6. The molecule has 4 rings (SSSR count). The number of anilines is 1. The molecule has 2 aromatic rings. The fourth-order valence-electron chi connectivity index (χ4n) is 4.57. The molecule has 0 spiro atoms. The maximum absolute atomic E-state index is 12.0. The van der Waals surface area contributed by atoms with Crippen molar-refractivity contribution in [1.82, 2.24) is 14.8 Å². The molecule has 0 bridgehead atoms. The maximum atomic E-state index is 12.0. The molecule has 1 fully saturated rings. The number of aromatic nitrogens is 1. The number of likely N-dealkylation sites (N-methyl/N-ethyl adjacent to an activating group) is 1. The lowest BCUT2D eigenvalue weighted by Crippen LogP contribution is -2.47. The lowest BCUT2D eigenvalue weighted by Gasteiger charge is -2.40. The average molecular weight is 399 g/mol. The summed E-state index contributed by atoms with van der Waals surface area (Å²) in [5, 5.41) is 4.21. The van der Waals surface area contributed by atoms with Crippen molar-refractivity contribution >= 4 is 22.2 Å². The largest absolute Gasteiger partial charge is 0.318 e. The monoisotopic (exact) mass is 398 g/mol. The van der Waals surface area contributed by atoms with Crippen molar-refractivity contribution in [2.75, 3.05) is 38.0 Å². The van der Waals surface area contributed by atoms with Gasteiger partial charge in [-0.25, -0.2) is 0 Å². The fraction of sp³-hybridized carbons (Fsp3) is 0.545. The summed E-state index contributed by atoms with van der Waals surface area (Å²) in [5.41, 5.74) is 4.03. The van der Waals surface area contributed by atoms with Crippen LogP contribution in [0.4, 0.5) is 5.00 Å². The van der Waals surface area contributed by atoms with Gasteiger partial charge in [-0.15, -0.1) is 11.3 Å². The Morgan fingerprint density at radius 3 is 2.71 bits per heavy atom. The van der Waals surface area contributed by atoms with Gasteiger partial charge in [-0.2, -0.15) is 0 Å². The van der Waals surface area contributed by atoms with Crippen LogP contribution in [-0.4, -0.2) is 53.4 Å². The van der Waals surface area contributed by atoms with Gasteiger partial charge in [0.25, 0.3) is 0 Å². The van der Waals surface area contributed by atoms with E-state index in [9.17, 15) is 4.79 Å². The minimum absolute atomic E-state index is 0.0144. The molecule has 1 amide bonds. The lowest BCUT2D eigenvalue weighted by molar-refractivity contribution is -0.114. The summed E-state index contributed by atoms with van der Waals surface area (Å²) >= 11 is 1.79. The average Bonchev–Trinajstić information content (AvgIpc) is 3.07. The summed E-state index contributed by atoms with van der Waals surface area (Å²) in [6.07, 6.45) is 8.58. The van der Waals surface area contributed by atoms with Crippen LogP contribution in [0, 0.1) is 0 Å². The molecule has 0 aromatic carbocycles. The van der Waals surface area contributed by atoms with Gasteiger partial charge < -0.3 is 10.2 Å². The first-order valence-electron chi connectivity index (χ1n) is 10.5. The van der Waals surface area contributed by atoms with Crippen LogP contribution in [-0.2, 0) is 17.6 Å². The molecule has 28 heavy (non-hydrogen) atoms. The van der Waals surface area contributed by atoms with Gasteiger partial charge in [0.2, 0.25) is 5.91 Å². The zero-order valence-corrected chi connectivity index (χ0v) is 17.7. The minimum atomic E-state index is 0.0144. The molecule has 6 heteroatoms. The molecule has 1 atom stereocenters. The van der Waals surface area contributed by atoms with Crippen molar-refractivity contribution in [3.63, 3.8) is 0 Å². The molecule has 0 saturated carbocycles. The van der Waals surface area contributed by atoms with E-state index in [1.165, 1.54) is 34.4 Å².